The average Bonchev–Trinajstić information content (AvgIpc) is 2.32. The van der Waals surface area contributed by atoms with Gasteiger partial charge in [-0.1, -0.05) is 15.9 Å². The van der Waals surface area contributed by atoms with Crippen LogP contribution in [0.4, 0.5) is 4.39 Å². The molecule has 1 heterocycles. The third kappa shape index (κ3) is 2.58. The number of hydrogen-bond donors (Lipinski definition) is 0. The molecule has 1 aromatic carbocycles. The van der Waals surface area contributed by atoms with Crippen LogP contribution in [-0.2, 0) is 4.74 Å². The van der Waals surface area contributed by atoms with Crippen LogP contribution in [-0.4, -0.2) is 12.5 Å². The Morgan fingerprint density at radius 3 is 3.06 bits per heavy atom. The molecule has 16 heavy (non-hydrogen) atoms. The first-order valence-corrected chi connectivity index (χ1v) is 6.67. The van der Waals surface area contributed by atoms with Crippen molar-refractivity contribution in [3.05, 3.63) is 34.1 Å². The van der Waals surface area contributed by atoms with Crippen LogP contribution in [0.5, 0.6) is 0 Å². The quantitative estimate of drug-likeness (QED) is 0.740. The van der Waals surface area contributed by atoms with E-state index >= 15 is 0 Å². The lowest BCUT2D eigenvalue weighted by Crippen LogP contribution is -2.24. The summed E-state index contributed by atoms with van der Waals surface area (Å²) in [6.45, 7) is 0.723. The second-order valence-electron chi connectivity index (χ2n) is 4.01. The number of hydrogen-bond acceptors (Lipinski definition) is 1. The molecule has 1 aliphatic heterocycles. The van der Waals surface area contributed by atoms with Crippen molar-refractivity contribution in [1.82, 2.24) is 0 Å². The van der Waals surface area contributed by atoms with E-state index in [2.05, 4.69) is 15.9 Å². The monoisotopic (exact) mass is 306 g/mol. The first-order valence-electron chi connectivity index (χ1n) is 5.35. The number of alkyl halides is 1. The van der Waals surface area contributed by atoms with Gasteiger partial charge in [0.15, 0.2) is 0 Å². The van der Waals surface area contributed by atoms with Crippen molar-refractivity contribution < 1.29 is 9.13 Å². The summed E-state index contributed by atoms with van der Waals surface area (Å²) in [4.78, 5) is 0. The molecule has 0 bridgehead atoms. The number of halogens is 3. The van der Waals surface area contributed by atoms with Crippen LogP contribution in [0.1, 0.15) is 24.5 Å². The molecule has 2 rings (SSSR count). The minimum atomic E-state index is -0.235. The highest BCUT2D eigenvalue weighted by molar-refractivity contribution is 9.10. The summed E-state index contributed by atoms with van der Waals surface area (Å²) in [5.74, 6) is 0.586. The zero-order chi connectivity index (χ0) is 11.5. The van der Waals surface area contributed by atoms with Crippen LogP contribution < -0.4 is 0 Å². The van der Waals surface area contributed by atoms with E-state index in [0.717, 1.165) is 29.5 Å². The topological polar surface area (TPSA) is 9.23 Å². The summed E-state index contributed by atoms with van der Waals surface area (Å²) >= 11 is 9.36. The summed E-state index contributed by atoms with van der Waals surface area (Å²) in [6.07, 6.45) is 1.98. The summed E-state index contributed by atoms with van der Waals surface area (Å²) in [5.41, 5.74) is 0.866. The highest BCUT2D eigenvalue weighted by Gasteiger charge is 2.28. The standard InChI is InChI=1S/C12H13BrClFO/c13-11-4-3-9(15)6-10(11)12-8(7-14)2-1-5-16-12/h3-4,6,8,12H,1-2,5,7H2. The van der Waals surface area contributed by atoms with E-state index in [0.29, 0.717) is 5.88 Å². The fraction of sp³-hybridized carbons (Fsp3) is 0.500. The largest absolute Gasteiger partial charge is 0.373 e. The molecule has 88 valence electrons. The van der Waals surface area contributed by atoms with E-state index < -0.39 is 0 Å². The number of ether oxygens (including phenoxy) is 1. The van der Waals surface area contributed by atoms with Gasteiger partial charge in [-0.15, -0.1) is 11.6 Å². The molecule has 0 radical (unpaired) electrons. The van der Waals surface area contributed by atoms with Crippen LogP contribution in [0.2, 0.25) is 0 Å². The Labute approximate surface area is 108 Å². The summed E-state index contributed by atoms with van der Waals surface area (Å²) in [5, 5.41) is 0. The van der Waals surface area contributed by atoms with Crippen LogP contribution in [0.3, 0.4) is 0 Å². The van der Waals surface area contributed by atoms with Crippen LogP contribution >= 0.6 is 27.5 Å². The van der Waals surface area contributed by atoms with Crippen molar-refractivity contribution in [2.45, 2.75) is 18.9 Å². The van der Waals surface area contributed by atoms with Gasteiger partial charge in [0.05, 0.1) is 6.10 Å². The van der Waals surface area contributed by atoms with Crippen LogP contribution in [0.15, 0.2) is 22.7 Å². The molecule has 0 saturated carbocycles. The molecular formula is C12H13BrClFO. The van der Waals surface area contributed by atoms with Crippen molar-refractivity contribution >= 4 is 27.5 Å². The number of rotatable bonds is 2. The lowest BCUT2D eigenvalue weighted by atomic mass is 9.91. The van der Waals surface area contributed by atoms with Crippen molar-refractivity contribution in [3.8, 4) is 0 Å². The zero-order valence-corrected chi connectivity index (χ0v) is 11.1. The molecular weight excluding hydrogens is 294 g/mol. The summed E-state index contributed by atoms with van der Waals surface area (Å²) in [7, 11) is 0. The SMILES string of the molecule is Fc1ccc(Br)c(C2OCCCC2CCl)c1. The van der Waals surface area contributed by atoms with E-state index in [4.69, 9.17) is 16.3 Å². The van der Waals surface area contributed by atoms with Gasteiger partial charge in [0, 0.05) is 22.9 Å². The van der Waals surface area contributed by atoms with Gasteiger partial charge in [-0.2, -0.15) is 0 Å². The van der Waals surface area contributed by atoms with E-state index in [1.165, 1.54) is 12.1 Å². The Hall–Kier alpha value is -0.120. The van der Waals surface area contributed by atoms with Gasteiger partial charge < -0.3 is 4.74 Å². The molecule has 0 amide bonds. The van der Waals surface area contributed by atoms with Gasteiger partial charge in [0.25, 0.3) is 0 Å². The highest BCUT2D eigenvalue weighted by atomic mass is 79.9. The molecule has 2 unspecified atom stereocenters. The maximum absolute atomic E-state index is 13.2. The van der Waals surface area contributed by atoms with Gasteiger partial charge in [-0.3, -0.25) is 0 Å². The van der Waals surface area contributed by atoms with E-state index in [-0.39, 0.29) is 17.8 Å². The number of benzene rings is 1. The third-order valence-electron chi connectivity index (χ3n) is 2.91. The predicted molar refractivity (Wildman–Crippen MR) is 66.2 cm³/mol. The fourth-order valence-corrected chi connectivity index (χ4v) is 2.87. The molecule has 1 fully saturated rings. The molecule has 1 aliphatic rings. The van der Waals surface area contributed by atoms with Gasteiger partial charge in [0.1, 0.15) is 5.82 Å². The second kappa shape index (κ2) is 5.48. The van der Waals surface area contributed by atoms with Crippen molar-refractivity contribution in [3.63, 3.8) is 0 Å². The van der Waals surface area contributed by atoms with E-state index in [1.54, 1.807) is 6.07 Å². The Morgan fingerprint density at radius 2 is 2.31 bits per heavy atom. The second-order valence-corrected chi connectivity index (χ2v) is 5.18. The Kier molecular flexibility index (Phi) is 4.22. The average molecular weight is 308 g/mol. The molecule has 0 aliphatic carbocycles. The van der Waals surface area contributed by atoms with E-state index in [9.17, 15) is 4.39 Å². The molecule has 1 nitrogen and oxygen atoms in total. The lowest BCUT2D eigenvalue weighted by Gasteiger charge is -2.31. The molecule has 0 N–H and O–H groups in total. The molecule has 0 aromatic heterocycles. The summed E-state index contributed by atoms with van der Waals surface area (Å²) in [6, 6.07) is 4.68. The highest BCUT2D eigenvalue weighted by Crippen LogP contribution is 2.37. The molecule has 1 aromatic rings. The van der Waals surface area contributed by atoms with Crippen molar-refractivity contribution in [1.29, 1.82) is 0 Å². The fourth-order valence-electron chi connectivity index (χ4n) is 2.08. The summed E-state index contributed by atoms with van der Waals surface area (Å²) < 4.78 is 19.8. The molecule has 1 saturated heterocycles. The van der Waals surface area contributed by atoms with Crippen molar-refractivity contribution in [2.75, 3.05) is 12.5 Å². The first kappa shape index (κ1) is 12.3. The lowest BCUT2D eigenvalue weighted by molar-refractivity contribution is -0.0213. The van der Waals surface area contributed by atoms with Gasteiger partial charge in [-0.25, -0.2) is 4.39 Å². The molecule has 2 atom stereocenters. The molecule has 0 spiro atoms. The van der Waals surface area contributed by atoms with Crippen LogP contribution in [0, 0.1) is 11.7 Å². The Bertz CT molecular complexity index is 372. The zero-order valence-electron chi connectivity index (χ0n) is 8.76. The first-order chi connectivity index (χ1) is 7.72. The Morgan fingerprint density at radius 1 is 1.50 bits per heavy atom. The minimum absolute atomic E-state index is 0.0867. The third-order valence-corrected chi connectivity index (χ3v) is 4.03. The predicted octanol–water partition coefficient (Wildman–Crippen LogP) is 4.29. The van der Waals surface area contributed by atoms with Gasteiger partial charge >= 0.3 is 0 Å². The maximum Gasteiger partial charge on any atom is 0.123 e. The van der Waals surface area contributed by atoms with E-state index in [1.807, 2.05) is 0 Å². The molecule has 4 heteroatoms. The normalized spacial score (nSPS) is 25.7. The smallest absolute Gasteiger partial charge is 0.123 e. The van der Waals surface area contributed by atoms with Crippen molar-refractivity contribution in [2.24, 2.45) is 5.92 Å². The van der Waals surface area contributed by atoms with Crippen LogP contribution in [0.25, 0.3) is 0 Å². The Balaban J connectivity index is 2.30. The minimum Gasteiger partial charge on any atom is -0.373 e. The van der Waals surface area contributed by atoms with Gasteiger partial charge in [-0.05, 0) is 36.6 Å². The maximum atomic E-state index is 13.2. The van der Waals surface area contributed by atoms with Gasteiger partial charge in [0.2, 0.25) is 0 Å².